The molecule has 2 fully saturated rings. The van der Waals surface area contributed by atoms with E-state index < -0.39 is 0 Å². The fraction of sp³-hybridized carbons (Fsp3) is 0.300. The molecule has 2 aromatic heterocycles. The molecule has 26 heavy (non-hydrogen) atoms. The van der Waals surface area contributed by atoms with E-state index in [1.165, 1.54) is 5.56 Å². The third-order valence-electron chi connectivity index (χ3n) is 5.25. The second-order valence-electron chi connectivity index (χ2n) is 6.91. The van der Waals surface area contributed by atoms with Gasteiger partial charge in [0.1, 0.15) is 5.82 Å². The predicted molar refractivity (Wildman–Crippen MR) is 96.4 cm³/mol. The normalized spacial score (nSPS) is 21.3. The van der Waals surface area contributed by atoms with Crippen LogP contribution in [-0.4, -0.2) is 33.0 Å². The molecule has 5 nitrogen and oxygen atoms in total. The van der Waals surface area contributed by atoms with Gasteiger partial charge in [0.05, 0.1) is 5.69 Å². The Labute approximate surface area is 151 Å². The van der Waals surface area contributed by atoms with Gasteiger partial charge in [0.15, 0.2) is 11.6 Å². The number of halogens is 1. The second kappa shape index (κ2) is 6.12. The highest BCUT2D eigenvalue weighted by atomic mass is 19.1. The fourth-order valence-electron chi connectivity index (χ4n) is 3.55. The van der Waals surface area contributed by atoms with Crippen LogP contribution < -0.4 is 4.90 Å². The number of hydrogen-bond donors (Lipinski definition) is 0. The topological polar surface area (TPSA) is 54.8 Å². The average Bonchev–Trinajstić information content (AvgIpc) is 3.44. The molecule has 0 spiro atoms. The molecular formula is C20H18FN5. The Balaban J connectivity index is 1.34. The maximum absolute atomic E-state index is 14.1. The Kier molecular flexibility index (Phi) is 3.62. The van der Waals surface area contributed by atoms with Crippen LogP contribution in [0.2, 0.25) is 0 Å². The second-order valence-corrected chi connectivity index (χ2v) is 6.91. The summed E-state index contributed by atoms with van der Waals surface area (Å²) in [6.45, 7) is 1.90. The van der Waals surface area contributed by atoms with Crippen LogP contribution in [0.3, 0.4) is 0 Å². The standard InChI is InChI=1S/C20H18FN5/c21-17-4-3-13(9-18(17)26-7-2-8-26)15-10-16(15)14-11-24-20(25-12-14)19-22-5-1-6-23-19/h1,3-6,9,11-12,15-16H,2,7-8,10H2. The zero-order chi connectivity index (χ0) is 17.5. The molecular weight excluding hydrogens is 329 g/mol. The number of anilines is 1. The first-order chi connectivity index (χ1) is 12.8. The molecule has 2 atom stereocenters. The molecule has 0 amide bonds. The third-order valence-corrected chi connectivity index (χ3v) is 5.25. The molecule has 1 saturated heterocycles. The Morgan fingerprint density at radius 1 is 0.885 bits per heavy atom. The van der Waals surface area contributed by atoms with Crippen LogP contribution in [0.4, 0.5) is 10.1 Å². The minimum atomic E-state index is -0.124. The summed E-state index contributed by atoms with van der Waals surface area (Å²) in [7, 11) is 0. The highest BCUT2D eigenvalue weighted by molar-refractivity contribution is 5.54. The Morgan fingerprint density at radius 2 is 1.58 bits per heavy atom. The first kappa shape index (κ1) is 15.4. The summed E-state index contributed by atoms with van der Waals surface area (Å²) in [5.41, 5.74) is 3.06. The van der Waals surface area contributed by atoms with E-state index in [4.69, 9.17) is 0 Å². The van der Waals surface area contributed by atoms with Crippen LogP contribution in [0.15, 0.2) is 49.1 Å². The quantitative estimate of drug-likeness (QED) is 0.722. The van der Waals surface area contributed by atoms with Gasteiger partial charge in [0.25, 0.3) is 0 Å². The zero-order valence-electron chi connectivity index (χ0n) is 14.2. The molecule has 1 saturated carbocycles. The first-order valence-electron chi connectivity index (χ1n) is 8.93. The molecule has 6 heteroatoms. The zero-order valence-corrected chi connectivity index (χ0v) is 14.2. The van der Waals surface area contributed by atoms with Gasteiger partial charge in [0.2, 0.25) is 0 Å². The summed E-state index contributed by atoms with van der Waals surface area (Å²) in [6, 6.07) is 7.30. The lowest BCUT2D eigenvalue weighted by molar-refractivity contribution is 0.572. The van der Waals surface area contributed by atoms with Gasteiger partial charge in [-0.25, -0.2) is 24.3 Å². The van der Waals surface area contributed by atoms with Crippen LogP contribution in [0.25, 0.3) is 11.6 Å². The fourth-order valence-corrected chi connectivity index (χ4v) is 3.55. The number of aromatic nitrogens is 4. The smallest absolute Gasteiger partial charge is 0.197 e. The van der Waals surface area contributed by atoms with Crippen LogP contribution in [-0.2, 0) is 0 Å². The van der Waals surface area contributed by atoms with Gasteiger partial charge in [0, 0.05) is 37.9 Å². The van der Waals surface area contributed by atoms with E-state index in [2.05, 4.69) is 24.8 Å². The Hall–Kier alpha value is -2.89. The molecule has 0 bridgehead atoms. The Morgan fingerprint density at radius 3 is 2.27 bits per heavy atom. The molecule has 1 aromatic carbocycles. The minimum Gasteiger partial charge on any atom is -0.369 e. The molecule has 3 heterocycles. The summed E-state index contributed by atoms with van der Waals surface area (Å²) in [5, 5.41) is 0. The lowest BCUT2D eigenvalue weighted by Crippen LogP contribution is -2.37. The molecule has 2 unspecified atom stereocenters. The van der Waals surface area contributed by atoms with Crippen LogP contribution >= 0.6 is 0 Å². The van der Waals surface area contributed by atoms with Gasteiger partial charge in [-0.05, 0) is 54.0 Å². The lowest BCUT2D eigenvalue weighted by atomic mass is 10.0. The van der Waals surface area contributed by atoms with Gasteiger partial charge in [-0.15, -0.1) is 0 Å². The molecule has 0 N–H and O–H groups in total. The van der Waals surface area contributed by atoms with Gasteiger partial charge < -0.3 is 4.90 Å². The summed E-state index contributed by atoms with van der Waals surface area (Å²) in [6.07, 6.45) is 9.29. The van der Waals surface area contributed by atoms with Crippen molar-refractivity contribution in [2.45, 2.75) is 24.7 Å². The van der Waals surface area contributed by atoms with Crippen molar-refractivity contribution in [2.24, 2.45) is 0 Å². The van der Waals surface area contributed by atoms with Gasteiger partial charge >= 0.3 is 0 Å². The van der Waals surface area contributed by atoms with Gasteiger partial charge in [-0.2, -0.15) is 0 Å². The molecule has 0 radical (unpaired) electrons. The SMILES string of the molecule is Fc1ccc(C2CC2c2cnc(-c3ncccn3)nc2)cc1N1CCC1. The van der Waals surface area contributed by atoms with E-state index >= 15 is 0 Å². The molecule has 5 rings (SSSR count). The molecule has 3 aromatic rings. The first-order valence-corrected chi connectivity index (χ1v) is 8.93. The van der Waals surface area contributed by atoms with Crippen molar-refractivity contribution >= 4 is 5.69 Å². The maximum atomic E-state index is 14.1. The number of hydrogen-bond acceptors (Lipinski definition) is 5. The largest absolute Gasteiger partial charge is 0.369 e. The summed E-state index contributed by atoms with van der Waals surface area (Å²) >= 11 is 0. The van der Waals surface area contributed by atoms with Crippen molar-refractivity contribution in [2.75, 3.05) is 18.0 Å². The van der Waals surface area contributed by atoms with Crippen molar-refractivity contribution in [3.63, 3.8) is 0 Å². The molecule has 1 aliphatic heterocycles. The highest BCUT2D eigenvalue weighted by Gasteiger charge is 2.40. The van der Waals surface area contributed by atoms with Crippen molar-refractivity contribution < 1.29 is 4.39 Å². The third kappa shape index (κ3) is 2.71. The highest BCUT2D eigenvalue weighted by Crippen LogP contribution is 2.55. The van der Waals surface area contributed by atoms with E-state index in [0.29, 0.717) is 23.5 Å². The lowest BCUT2D eigenvalue weighted by Gasteiger charge is -2.33. The maximum Gasteiger partial charge on any atom is 0.197 e. The van der Waals surface area contributed by atoms with Gasteiger partial charge in [-0.3, -0.25) is 0 Å². The number of benzene rings is 1. The van der Waals surface area contributed by atoms with Crippen molar-refractivity contribution in [3.05, 3.63) is 66.0 Å². The Bertz CT molecular complexity index is 925. The van der Waals surface area contributed by atoms with E-state index in [0.717, 1.165) is 37.2 Å². The minimum absolute atomic E-state index is 0.124. The van der Waals surface area contributed by atoms with E-state index in [1.54, 1.807) is 24.5 Å². The van der Waals surface area contributed by atoms with E-state index in [-0.39, 0.29) is 5.82 Å². The van der Waals surface area contributed by atoms with Crippen LogP contribution in [0.5, 0.6) is 0 Å². The molecule has 2 aliphatic rings. The van der Waals surface area contributed by atoms with Crippen molar-refractivity contribution in [1.29, 1.82) is 0 Å². The molecule has 1 aliphatic carbocycles. The van der Waals surface area contributed by atoms with Crippen LogP contribution in [0.1, 0.15) is 35.8 Å². The number of rotatable bonds is 4. The predicted octanol–water partition coefficient (Wildman–Crippen LogP) is 3.55. The monoisotopic (exact) mass is 347 g/mol. The van der Waals surface area contributed by atoms with Crippen molar-refractivity contribution in [1.82, 2.24) is 19.9 Å². The molecule has 130 valence electrons. The van der Waals surface area contributed by atoms with E-state index in [1.807, 2.05) is 24.5 Å². The van der Waals surface area contributed by atoms with Crippen molar-refractivity contribution in [3.8, 4) is 11.6 Å². The summed E-state index contributed by atoms with van der Waals surface area (Å²) in [5.74, 6) is 1.76. The van der Waals surface area contributed by atoms with Gasteiger partial charge in [-0.1, -0.05) is 6.07 Å². The average molecular weight is 347 g/mol. The summed E-state index contributed by atoms with van der Waals surface area (Å²) < 4.78 is 14.1. The van der Waals surface area contributed by atoms with E-state index in [9.17, 15) is 4.39 Å². The summed E-state index contributed by atoms with van der Waals surface area (Å²) in [4.78, 5) is 19.3. The number of nitrogens with zero attached hydrogens (tertiary/aromatic N) is 5. The van der Waals surface area contributed by atoms with Crippen LogP contribution in [0, 0.1) is 5.82 Å².